The van der Waals surface area contributed by atoms with Crippen molar-refractivity contribution in [2.75, 3.05) is 0 Å². The molecule has 0 aliphatic rings. The molecule has 0 saturated heterocycles. The second kappa shape index (κ2) is 38.4. The monoisotopic (exact) mass is 1820 g/mol. The fourth-order valence-corrected chi connectivity index (χ4v) is 10.4. The first-order chi connectivity index (χ1) is 49.0. The first-order valence-electron chi connectivity index (χ1n) is 29.6. The lowest BCUT2D eigenvalue weighted by Crippen LogP contribution is -2.20. The van der Waals surface area contributed by atoms with Crippen LogP contribution >= 0.6 is 66.7 Å². The van der Waals surface area contributed by atoms with Gasteiger partial charge in [0.2, 0.25) is 0 Å². The molecule has 612 valence electrons. The van der Waals surface area contributed by atoms with E-state index in [1.807, 2.05) is 6.92 Å². The Morgan fingerprint density at radius 1 is 0.236 bits per heavy atom. The minimum absolute atomic E-state index is 0.0397. The molecule has 0 aliphatic heterocycles. The summed E-state index contributed by atoms with van der Waals surface area (Å²) in [6.45, 7) is 18.8. The first-order valence-corrected chi connectivity index (χ1v) is 32.3. The van der Waals surface area contributed by atoms with Gasteiger partial charge in [-0.15, -0.1) is 0 Å². The number of rotatable bonds is 0. The fraction of sp³-hybridized carbons (Fsp3) is 0.324. The van der Waals surface area contributed by atoms with Crippen molar-refractivity contribution >= 4 is 66.7 Å². The van der Waals surface area contributed by atoms with Crippen LogP contribution in [0.3, 0.4) is 0 Å². The normalized spacial score (nSPS) is 12.2. The third-order valence-corrected chi connectivity index (χ3v) is 17.9. The van der Waals surface area contributed by atoms with E-state index >= 15 is 0 Å². The minimum Gasteiger partial charge on any atom is -0.206 e. The van der Waals surface area contributed by atoms with E-state index < -0.39 is 157 Å². The van der Waals surface area contributed by atoms with E-state index in [1.165, 1.54) is 52.0 Å². The Balaban J connectivity index is 0.000000631. The maximum Gasteiger partial charge on any atom is 0.419 e. The van der Waals surface area contributed by atoms with Crippen LogP contribution in [0.15, 0.2) is 106 Å². The molecule has 0 spiro atoms. The van der Waals surface area contributed by atoms with E-state index in [-0.39, 0.29) is 38.9 Å². The van der Waals surface area contributed by atoms with Gasteiger partial charge in [0, 0.05) is 8.95 Å². The van der Waals surface area contributed by atoms with Crippen molar-refractivity contribution in [1.82, 2.24) is 0 Å². The summed E-state index contributed by atoms with van der Waals surface area (Å²) in [5, 5.41) is -0.420. The summed E-state index contributed by atoms with van der Waals surface area (Å²) in [6, 6.07) is 13.0. The SMILES string of the molecule is Cc1cc(C(F)(F)F)cc(Br)c1Br.Cc1cc(C(F)(F)F)cc(C(F)(F)F)c1C(F)(F)F.Cc1cc(C(F)(F)F)cc(C)c1C.Cc1cc(C(F)(F)F)cc(Cl)c1Cl.Cc1cc(C(F)(F)F)cc(Cl)c1F.Cc1cc(C(F)(F)F)cc(F)c1F.Cc1cc(C)c(C(F)(F)F)c(F)c1.Cc1cc(C)c(C)c(C(F)(F)F)c1. The largest absolute Gasteiger partial charge is 0.419 e. The van der Waals surface area contributed by atoms with E-state index in [1.54, 1.807) is 47.6 Å². The van der Waals surface area contributed by atoms with Crippen LogP contribution in [0, 0.1) is 113 Å². The van der Waals surface area contributed by atoms with Gasteiger partial charge in [0.05, 0.1) is 70.7 Å². The molecule has 8 aromatic rings. The molecule has 0 aromatic heterocycles. The van der Waals surface area contributed by atoms with Crippen molar-refractivity contribution in [2.45, 2.75) is 152 Å². The number of halogens is 39. The number of hydrogen-bond donors (Lipinski definition) is 0. The zero-order valence-electron chi connectivity index (χ0n) is 58.0. The number of hydrogen-bond acceptors (Lipinski definition) is 0. The molecule has 8 aromatic carbocycles. The highest BCUT2D eigenvalue weighted by Gasteiger charge is 2.47. The predicted molar refractivity (Wildman–Crippen MR) is 353 cm³/mol. The molecular weight excluding hydrogens is 1760 g/mol. The molecule has 0 amide bonds. The molecule has 0 aliphatic carbocycles. The Morgan fingerprint density at radius 2 is 0.536 bits per heavy atom. The van der Waals surface area contributed by atoms with Crippen LogP contribution in [0.25, 0.3) is 0 Å². The molecule has 0 unspecified atom stereocenters. The Bertz CT molecular complexity index is 3940. The molecule has 0 fully saturated rings. The average molecular weight is 1820 g/mol. The molecule has 0 bridgehead atoms. The van der Waals surface area contributed by atoms with E-state index in [4.69, 9.17) is 34.8 Å². The smallest absolute Gasteiger partial charge is 0.206 e. The van der Waals surface area contributed by atoms with Crippen LogP contribution < -0.4 is 0 Å². The van der Waals surface area contributed by atoms with Crippen molar-refractivity contribution in [3.05, 3.63) is 272 Å². The molecule has 39 heteroatoms. The van der Waals surface area contributed by atoms with Crippen molar-refractivity contribution < 1.29 is 149 Å². The Hall–Kier alpha value is -6.79. The lowest BCUT2D eigenvalue weighted by molar-refractivity contribution is -0.164. The van der Waals surface area contributed by atoms with Crippen molar-refractivity contribution in [3.63, 3.8) is 0 Å². The zero-order chi connectivity index (χ0) is 86.8. The zero-order valence-corrected chi connectivity index (χ0v) is 63.4. The van der Waals surface area contributed by atoms with Gasteiger partial charge in [-0.25, -0.2) is 17.6 Å². The van der Waals surface area contributed by atoms with Crippen LogP contribution in [0.5, 0.6) is 0 Å². The van der Waals surface area contributed by atoms with E-state index in [0.717, 1.165) is 48.9 Å². The van der Waals surface area contributed by atoms with Gasteiger partial charge in [0.25, 0.3) is 0 Å². The summed E-state index contributed by atoms with van der Waals surface area (Å²) in [5.41, 5.74) is -8.35. The van der Waals surface area contributed by atoms with Gasteiger partial charge in [-0.1, -0.05) is 52.5 Å². The van der Waals surface area contributed by atoms with Crippen molar-refractivity contribution in [3.8, 4) is 0 Å². The fourth-order valence-electron chi connectivity index (χ4n) is 8.92. The van der Waals surface area contributed by atoms with Gasteiger partial charge in [-0.3, -0.25) is 0 Å². The molecular formula is C71H55Br2Cl3F34. The molecule has 0 N–H and O–H groups in total. The summed E-state index contributed by atoms with van der Waals surface area (Å²) in [4.78, 5) is 0. The van der Waals surface area contributed by atoms with Crippen molar-refractivity contribution in [1.29, 1.82) is 0 Å². The van der Waals surface area contributed by atoms with Crippen molar-refractivity contribution in [2.24, 2.45) is 0 Å². The van der Waals surface area contributed by atoms with Crippen LogP contribution in [0.4, 0.5) is 149 Å². The number of benzene rings is 8. The summed E-state index contributed by atoms with van der Waals surface area (Å²) in [6.07, 6.45) is -46.9. The van der Waals surface area contributed by atoms with E-state index in [2.05, 4.69) is 31.9 Å². The number of alkyl halides is 30. The van der Waals surface area contributed by atoms with Crippen LogP contribution in [-0.2, 0) is 61.8 Å². The second-order valence-corrected chi connectivity index (χ2v) is 26.3. The van der Waals surface area contributed by atoms with E-state index in [0.29, 0.717) is 72.5 Å². The lowest BCUT2D eigenvalue weighted by Gasteiger charge is -2.20. The maximum absolute atomic E-state index is 12.9. The predicted octanol–water partition coefficient (Wildman–Crippen LogP) is 31.7. The Morgan fingerprint density at radius 3 is 0.891 bits per heavy atom. The van der Waals surface area contributed by atoms with Crippen LogP contribution in [0.1, 0.15) is 128 Å². The summed E-state index contributed by atoms with van der Waals surface area (Å²) >= 11 is 22.6. The first kappa shape index (κ1) is 101. The highest BCUT2D eigenvalue weighted by molar-refractivity contribution is 9.13. The quantitative estimate of drug-likeness (QED) is 0.133. The average Bonchev–Trinajstić information content (AvgIpc) is 0.762. The molecule has 110 heavy (non-hydrogen) atoms. The van der Waals surface area contributed by atoms with Gasteiger partial charge >= 0.3 is 61.8 Å². The molecule has 0 heterocycles. The second-order valence-electron chi connectivity index (χ2n) is 23.5. The van der Waals surface area contributed by atoms with E-state index in [9.17, 15) is 149 Å². The van der Waals surface area contributed by atoms with Gasteiger partial charge < -0.3 is 0 Å². The van der Waals surface area contributed by atoms with Crippen LogP contribution in [-0.4, -0.2) is 0 Å². The molecule has 0 atom stereocenters. The molecule has 0 nitrogen and oxygen atoms in total. The molecule has 0 saturated carbocycles. The summed E-state index contributed by atoms with van der Waals surface area (Å²) < 4.78 is 420. The Kier molecular flexibility index (Phi) is 35.3. The number of aryl methyl sites for hydroxylation is 11. The Labute approximate surface area is 637 Å². The van der Waals surface area contributed by atoms with Gasteiger partial charge in [-0.05, 0) is 274 Å². The highest BCUT2D eigenvalue weighted by Crippen LogP contribution is 2.46. The van der Waals surface area contributed by atoms with Gasteiger partial charge in [0.15, 0.2) is 11.6 Å². The topological polar surface area (TPSA) is 0 Å². The lowest BCUT2D eigenvalue weighted by atomic mass is 9.97. The standard InChI is InChI=1S/C10H5F9.2C10H11F3.C9H8F4.C8H5Br2F3.C8H5Cl2F3.C8H5ClF4.C8H5F5/c1-4-2-5(8(11,12)13)3-6(9(14,15)16)7(4)10(17,18)19;1-6-4-9(10(11,12)13)5-7(2)8(6)3;1-6-4-7(2)8(3)9(5-6)10(11,12)13;1-5-3-6(2)8(7(10)4-5)9(11,12)13;4*1-4-2-5(8(11,12)13)3-6(9)7(4)10/h2-3H,1H3;2*4-5H,1-3H3;3-4H,1-2H3;4*2-3H,1H3. The summed E-state index contributed by atoms with van der Waals surface area (Å²) in [7, 11) is 0. The minimum atomic E-state index is -5.53. The van der Waals surface area contributed by atoms with Gasteiger partial charge in [0.1, 0.15) is 11.6 Å². The van der Waals surface area contributed by atoms with Gasteiger partial charge in [-0.2, -0.15) is 132 Å². The third-order valence-electron chi connectivity index (χ3n) is 14.5. The molecule has 0 radical (unpaired) electrons. The highest BCUT2D eigenvalue weighted by atomic mass is 79.9. The third kappa shape index (κ3) is 31.0. The maximum atomic E-state index is 12.9. The molecule has 8 rings (SSSR count). The van der Waals surface area contributed by atoms with Crippen LogP contribution in [0.2, 0.25) is 15.1 Å². The summed E-state index contributed by atoms with van der Waals surface area (Å²) in [5.74, 6) is -4.74.